The summed E-state index contributed by atoms with van der Waals surface area (Å²) < 4.78 is 7.44. The molecule has 1 aromatic carbocycles. The summed E-state index contributed by atoms with van der Waals surface area (Å²) in [6, 6.07) is 12.3. The molecular weight excluding hydrogens is 326 g/mol. The average molecular weight is 349 g/mol. The van der Waals surface area contributed by atoms with Crippen LogP contribution in [0.1, 0.15) is 30.1 Å². The average Bonchev–Trinajstić information content (AvgIpc) is 3.25. The molecule has 3 aromatic rings. The van der Waals surface area contributed by atoms with E-state index in [-0.39, 0.29) is 6.04 Å². The topological polar surface area (TPSA) is 56.1 Å². The van der Waals surface area contributed by atoms with Crippen LogP contribution in [0.5, 0.6) is 5.88 Å². The molecular formula is C20H23N5O. The Hall–Kier alpha value is -2.89. The summed E-state index contributed by atoms with van der Waals surface area (Å²) in [5, 5.41) is 4.55. The maximum absolute atomic E-state index is 5.63. The van der Waals surface area contributed by atoms with Crippen molar-refractivity contribution < 1.29 is 4.74 Å². The van der Waals surface area contributed by atoms with E-state index >= 15 is 0 Å². The number of rotatable bonds is 4. The first-order valence-electron chi connectivity index (χ1n) is 8.91. The van der Waals surface area contributed by atoms with Gasteiger partial charge in [-0.15, -0.1) is 0 Å². The van der Waals surface area contributed by atoms with Gasteiger partial charge in [-0.3, -0.25) is 0 Å². The third kappa shape index (κ3) is 2.81. The number of anilines is 1. The van der Waals surface area contributed by atoms with E-state index in [2.05, 4.69) is 15.0 Å². The zero-order valence-corrected chi connectivity index (χ0v) is 15.4. The first kappa shape index (κ1) is 16.6. The van der Waals surface area contributed by atoms with Crippen molar-refractivity contribution in [2.75, 3.05) is 18.6 Å². The monoisotopic (exact) mass is 349 g/mol. The lowest BCUT2D eigenvalue weighted by molar-refractivity contribution is 0.366. The molecule has 1 aliphatic rings. The molecule has 0 bridgehead atoms. The Morgan fingerprint density at radius 1 is 1.15 bits per heavy atom. The molecule has 0 spiro atoms. The molecule has 1 atom stereocenters. The molecule has 1 aliphatic heterocycles. The van der Waals surface area contributed by atoms with Crippen molar-refractivity contribution in [3.63, 3.8) is 0 Å². The standard InChI is InChI=1S/C20H23N5O/c1-14-18(20(26-3)24(2)23-14)16-10-7-13-25(16)17-11-12-21-19(22-17)15-8-5-4-6-9-15/h4-6,8-9,11-12,16H,7,10,13H2,1-3H3/t16-/m1/s1. The summed E-state index contributed by atoms with van der Waals surface area (Å²) >= 11 is 0. The Morgan fingerprint density at radius 2 is 1.96 bits per heavy atom. The van der Waals surface area contributed by atoms with Crippen molar-refractivity contribution in [1.29, 1.82) is 0 Å². The van der Waals surface area contributed by atoms with Gasteiger partial charge in [0.2, 0.25) is 5.88 Å². The highest BCUT2D eigenvalue weighted by Gasteiger charge is 2.33. The van der Waals surface area contributed by atoms with Crippen LogP contribution in [0.3, 0.4) is 0 Å². The molecule has 6 nitrogen and oxygen atoms in total. The molecule has 0 N–H and O–H groups in total. The second-order valence-electron chi connectivity index (χ2n) is 6.59. The summed E-state index contributed by atoms with van der Waals surface area (Å²) in [7, 11) is 3.63. The number of methoxy groups -OCH3 is 1. The molecule has 1 fully saturated rings. The third-order valence-corrected chi connectivity index (χ3v) is 4.96. The van der Waals surface area contributed by atoms with Crippen LogP contribution in [0, 0.1) is 6.92 Å². The Labute approximate surface area is 153 Å². The van der Waals surface area contributed by atoms with Crippen LogP contribution in [0.25, 0.3) is 11.4 Å². The van der Waals surface area contributed by atoms with E-state index in [9.17, 15) is 0 Å². The van der Waals surface area contributed by atoms with Gasteiger partial charge in [-0.25, -0.2) is 14.6 Å². The number of aromatic nitrogens is 4. The summed E-state index contributed by atoms with van der Waals surface area (Å²) in [4.78, 5) is 11.6. The first-order chi connectivity index (χ1) is 12.7. The molecule has 6 heteroatoms. The van der Waals surface area contributed by atoms with Crippen molar-refractivity contribution in [3.05, 3.63) is 53.9 Å². The zero-order valence-electron chi connectivity index (χ0n) is 15.4. The Morgan fingerprint density at radius 3 is 2.73 bits per heavy atom. The van der Waals surface area contributed by atoms with E-state index in [4.69, 9.17) is 9.72 Å². The lowest BCUT2D eigenvalue weighted by Gasteiger charge is -2.26. The number of ether oxygens (including phenoxy) is 1. The van der Waals surface area contributed by atoms with E-state index in [0.29, 0.717) is 0 Å². The Kier molecular flexibility index (Phi) is 4.32. The molecule has 3 heterocycles. The van der Waals surface area contributed by atoms with Crippen LogP contribution in [0.4, 0.5) is 5.82 Å². The van der Waals surface area contributed by atoms with Gasteiger partial charge >= 0.3 is 0 Å². The predicted octanol–water partition coefficient (Wildman–Crippen LogP) is 3.54. The minimum absolute atomic E-state index is 0.220. The third-order valence-electron chi connectivity index (χ3n) is 4.96. The molecule has 0 unspecified atom stereocenters. The van der Waals surface area contributed by atoms with Gasteiger partial charge in [0, 0.05) is 25.4 Å². The minimum Gasteiger partial charge on any atom is -0.481 e. The summed E-state index contributed by atoms with van der Waals surface area (Å²) in [5.74, 6) is 2.53. The fourth-order valence-electron chi connectivity index (χ4n) is 3.86. The normalized spacial score (nSPS) is 16.9. The van der Waals surface area contributed by atoms with Gasteiger partial charge in [0.1, 0.15) is 5.82 Å². The maximum Gasteiger partial charge on any atom is 0.216 e. The lowest BCUT2D eigenvalue weighted by Crippen LogP contribution is -2.24. The van der Waals surface area contributed by atoms with Gasteiger partial charge in [-0.05, 0) is 25.8 Å². The van der Waals surface area contributed by atoms with Crippen LogP contribution >= 0.6 is 0 Å². The van der Waals surface area contributed by atoms with Crippen LogP contribution < -0.4 is 9.64 Å². The lowest BCUT2D eigenvalue weighted by atomic mass is 10.1. The smallest absolute Gasteiger partial charge is 0.216 e. The number of hydrogen-bond acceptors (Lipinski definition) is 5. The molecule has 4 rings (SSSR count). The first-order valence-corrected chi connectivity index (χ1v) is 8.91. The van der Waals surface area contributed by atoms with E-state index in [1.165, 1.54) is 0 Å². The van der Waals surface area contributed by atoms with Crippen LogP contribution in [-0.2, 0) is 7.05 Å². The Balaban J connectivity index is 1.72. The molecule has 26 heavy (non-hydrogen) atoms. The summed E-state index contributed by atoms with van der Waals surface area (Å²) in [5.41, 5.74) is 3.20. The minimum atomic E-state index is 0.220. The van der Waals surface area contributed by atoms with Gasteiger partial charge in [0.05, 0.1) is 24.4 Å². The van der Waals surface area contributed by atoms with Crippen molar-refractivity contribution >= 4 is 5.82 Å². The molecule has 0 aliphatic carbocycles. The van der Waals surface area contributed by atoms with Crippen LogP contribution in [0.15, 0.2) is 42.6 Å². The van der Waals surface area contributed by atoms with E-state index < -0.39 is 0 Å². The van der Waals surface area contributed by atoms with Gasteiger partial charge in [0.15, 0.2) is 5.82 Å². The highest BCUT2D eigenvalue weighted by molar-refractivity contribution is 5.58. The fraction of sp³-hybridized carbons (Fsp3) is 0.350. The maximum atomic E-state index is 5.63. The number of nitrogens with zero attached hydrogens (tertiary/aromatic N) is 5. The van der Waals surface area contributed by atoms with Gasteiger partial charge in [-0.2, -0.15) is 5.10 Å². The van der Waals surface area contributed by atoms with Gasteiger partial charge in [0.25, 0.3) is 0 Å². The quantitative estimate of drug-likeness (QED) is 0.721. The SMILES string of the molecule is COc1c([C@H]2CCCN2c2ccnc(-c3ccccc3)n2)c(C)nn1C. The number of hydrogen-bond donors (Lipinski definition) is 0. The van der Waals surface area contributed by atoms with Crippen molar-refractivity contribution in [2.45, 2.75) is 25.8 Å². The number of aryl methyl sites for hydroxylation is 2. The molecule has 0 saturated carbocycles. The summed E-state index contributed by atoms with van der Waals surface area (Å²) in [6.45, 7) is 3.01. The van der Waals surface area contributed by atoms with Crippen LogP contribution in [0.2, 0.25) is 0 Å². The van der Waals surface area contributed by atoms with Gasteiger partial charge < -0.3 is 9.64 Å². The highest BCUT2D eigenvalue weighted by Crippen LogP contribution is 2.40. The predicted molar refractivity (Wildman–Crippen MR) is 101 cm³/mol. The molecule has 0 amide bonds. The second-order valence-corrected chi connectivity index (χ2v) is 6.59. The fourth-order valence-corrected chi connectivity index (χ4v) is 3.86. The number of benzene rings is 1. The van der Waals surface area contributed by atoms with E-state index in [1.54, 1.807) is 7.11 Å². The molecule has 0 radical (unpaired) electrons. The van der Waals surface area contributed by atoms with E-state index in [0.717, 1.165) is 53.7 Å². The Bertz CT molecular complexity index is 906. The molecule has 2 aromatic heterocycles. The van der Waals surface area contributed by atoms with Gasteiger partial charge in [-0.1, -0.05) is 30.3 Å². The zero-order chi connectivity index (χ0) is 18.1. The second kappa shape index (κ2) is 6.78. The van der Waals surface area contributed by atoms with Crippen molar-refractivity contribution in [2.24, 2.45) is 7.05 Å². The molecule has 1 saturated heterocycles. The highest BCUT2D eigenvalue weighted by atomic mass is 16.5. The van der Waals surface area contributed by atoms with Crippen molar-refractivity contribution in [3.8, 4) is 17.3 Å². The molecule has 134 valence electrons. The van der Waals surface area contributed by atoms with Crippen molar-refractivity contribution in [1.82, 2.24) is 19.7 Å². The van der Waals surface area contributed by atoms with Crippen LogP contribution in [-0.4, -0.2) is 33.4 Å². The van der Waals surface area contributed by atoms with E-state index in [1.807, 2.05) is 61.2 Å². The summed E-state index contributed by atoms with van der Waals surface area (Å²) in [6.07, 6.45) is 4.02. The largest absolute Gasteiger partial charge is 0.481 e.